The number of aromatic nitrogens is 2. The molecule has 2 amide bonds. The standard InChI is InChI=1S/C20H24N4O2S/c1-14-8-4-5-9-17(14)24-18(15-12-27-13-16(15)22-24)21-19(25)20(26)23-10-6-2-3-7-11-23/h4-5,8-9H,2-3,6-7,10-13H2,1H3,(H,21,25). The van der Waals surface area contributed by atoms with Gasteiger partial charge in [-0.3, -0.25) is 9.59 Å². The summed E-state index contributed by atoms with van der Waals surface area (Å²) in [4.78, 5) is 27.1. The van der Waals surface area contributed by atoms with Crippen LogP contribution in [0.15, 0.2) is 24.3 Å². The van der Waals surface area contributed by atoms with Gasteiger partial charge in [0.1, 0.15) is 5.82 Å². The molecule has 7 heteroatoms. The largest absolute Gasteiger partial charge is 0.334 e. The maximum atomic E-state index is 12.7. The van der Waals surface area contributed by atoms with Gasteiger partial charge in [-0.15, -0.1) is 0 Å². The molecule has 0 saturated carbocycles. The maximum absolute atomic E-state index is 12.7. The van der Waals surface area contributed by atoms with Crippen LogP contribution >= 0.6 is 11.8 Å². The number of likely N-dealkylation sites (tertiary alicyclic amines) is 1. The molecule has 0 atom stereocenters. The summed E-state index contributed by atoms with van der Waals surface area (Å²) < 4.78 is 1.79. The first-order valence-electron chi connectivity index (χ1n) is 9.50. The van der Waals surface area contributed by atoms with Crippen LogP contribution in [0.1, 0.15) is 42.5 Å². The number of para-hydroxylation sites is 1. The number of hydrogen-bond donors (Lipinski definition) is 1. The highest BCUT2D eigenvalue weighted by Gasteiger charge is 2.29. The summed E-state index contributed by atoms with van der Waals surface area (Å²) in [6, 6.07) is 7.94. The minimum Gasteiger partial charge on any atom is -0.334 e. The van der Waals surface area contributed by atoms with Crippen LogP contribution in [-0.2, 0) is 21.1 Å². The Kier molecular flexibility index (Phi) is 5.20. The summed E-state index contributed by atoms with van der Waals surface area (Å²) in [6.45, 7) is 3.35. The number of hydrogen-bond acceptors (Lipinski definition) is 4. The molecule has 3 heterocycles. The van der Waals surface area contributed by atoms with Crippen LogP contribution < -0.4 is 5.32 Å². The Labute approximate surface area is 163 Å². The summed E-state index contributed by atoms with van der Waals surface area (Å²) in [5.74, 6) is 1.27. The van der Waals surface area contributed by atoms with E-state index >= 15 is 0 Å². The van der Waals surface area contributed by atoms with Crippen LogP contribution in [0.4, 0.5) is 5.82 Å². The molecular formula is C20H24N4O2S. The van der Waals surface area contributed by atoms with Crippen molar-refractivity contribution in [1.82, 2.24) is 14.7 Å². The highest BCUT2D eigenvalue weighted by Crippen LogP contribution is 2.36. The molecule has 2 aliphatic rings. The first kappa shape index (κ1) is 18.1. The molecule has 0 radical (unpaired) electrons. The summed E-state index contributed by atoms with van der Waals surface area (Å²) >= 11 is 1.78. The van der Waals surface area contributed by atoms with Crippen molar-refractivity contribution < 1.29 is 9.59 Å². The molecule has 0 unspecified atom stereocenters. The lowest BCUT2D eigenvalue weighted by atomic mass is 10.2. The minimum atomic E-state index is -0.564. The average Bonchev–Trinajstić information content (AvgIpc) is 3.13. The van der Waals surface area contributed by atoms with E-state index in [1.807, 2.05) is 31.2 Å². The summed E-state index contributed by atoms with van der Waals surface area (Å²) in [7, 11) is 0. The van der Waals surface area contributed by atoms with Crippen molar-refractivity contribution >= 4 is 29.4 Å². The van der Waals surface area contributed by atoms with E-state index in [0.29, 0.717) is 18.9 Å². The molecule has 4 rings (SSSR count). The van der Waals surface area contributed by atoms with Crippen LogP contribution in [0.5, 0.6) is 0 Å². The van der Waals surface area contributed by atoms with E-state index in [9.17, 15) is 9.59 Å². The van der Waals surface area contributed by atoms with E-state index in [-0.39, 0.29) is 0 Å². The number of aryl methyl sites for hydroxylation is 1. The van der Waals surface area contributed by atoms with E-state index in [4.69, 9.17) is 5.10 Å². The smallest absolute Gasteiger partial charge is 0.315 e. The number of anilines is 1. The second-order valence-corrected chi connectivity index (χ2v) is 8.11. The van der Waals surface area contributed by atoms with Crippen molar-refractivity contribution in [3.63, 3.8) is 0 Å². The highest BCUT2D eigenvalue weighted by atomic mass is 32.2. The van der Waals surface area contributed by atoms with Crippen LogP contribution in [-0.4, -0.2) is 39.6 Å². The van der Waals surface area contributed by atoms with Gasteiger partial charge in [0.15, 0.2) is 0 Å². The molecule has 2 aromatic rings. The number of nitrogens with one attached hydrogen (secondary N) is 1. The molecule has 1 aromatic heterocycles. The topological polar surface area (TPSA) is 67.2 Å². The van der Waals surface area contributed by atoms with Crippen LogP contribution in [0.2, 0.25) is 0 Å². The number of rotatable bonds is 2. The second kappa shape index (κ2) is 7.76. The predicted molar refractivity (Wildman–Crippen MR) is 107 cm³/mol. The van der Waals surface area contributed by atoms with Gasteiger partial charge in [0.05, 0.1) is 11.4 Å². The zero-order valence-electron chi connectivity index (χ0n) is 15.5. The number of thioether (sulfide) groups is 1. The van der Waals surface area contributed by atoms with Gasteiger partial charge in [-0.25, -0.2) is 4.68 Å². The van der Waals surface area contributed by atoms with E-state index in [0.717, 1.165) is 59.7 Å². The maximum Gasteiger partial charge on any atom is 0.315 e. The molecule has 1 aromatic carbocycles. The Balaban J connectivity index is 1.62. The van der Waals surface area contributed by atoms with Gasteiger partial charge in [0.2, 0.25) is 0 Å². The fourth-order valence-corrected chi connectivity index (χ4v) is 4.73. The molecule has 1 saturated heterocycles. The van der Waals surface area contributed by atoms with Crippen molar-refractivity contribution in [2.45, 2.75) is 44.1 Å². The van der Waals surface area contributed by atoms with Crippen molar-refractivity contribution in [3.05, 3.63) is 41.1 Å². The molecule has 6 nitrogen and oxygen atoms in total. The van der Waals surface area contributed by atoms with Crippen molar-refractivity contribution in [1.29, 1.82) is 0 Å². The summed E-state index contributed by atoms with van der Waals surface area (Å²) in [5.41, 5.74) is 4.01. The Bertz CT molecular complexity index is 869. The monoisotopic (exact) mass is 384 g/mol. The third-order valence-electron chi connectivity index (χ3n) is 5.21. The van der Waals surface area contributed by atoms with Gasteiger partial charge in [-0.05, 0) is 31.4 Å². The van der Waals surface area contributed by atoms with Gasteiger partial charge in [0, 0.05) is 30.2 Å². The quantitative estimate of drug-likeness (QED) is 0.807. The second-order valence-electron chi connectivity index (χ2n) is 7.13. The fraction of sp³-hybridized carbons (Fsp3) is 0.450. The molecule has 1 N–H and O–H groups in total. The number of nitrogens with zero attached hydrogens (tertiary/aromatic N) is 3. The lowest BCUT2D eigenvalue weighted by Gasteiger charge is -2.20. The molecule has 2 aliphatic heterocycles. The lowest BCUT2D eigenvalue weighted by molar-refractivity contribution is -0.143. The fourth-order valence-electron chi connectivity index (χ4n) is 3.70. The first-order chi connectivity index (χ1) is 13.1. The third-order valence-corrected chi connectivity index (χ3v) is 6.19. The zero-order valence-corrected chi connectivity index (χ0v) is 16.3. The minimum absolute atomic E-state index is 0.436. The molecule has 0 spiro atoms. The first-order valence-corrected chi connectivity index (χ1v) is 10.7. The number of amides is 2. The summed E-state index contributed by atoms with van der Waals surface area (Å²) in [5, 5.41) is 7.61. The van der Waals surface area contributed by atoms with Crippen LogP contribution in [0, 0.1) is 6.92 Å². The molecule has 0 aliphatic carbocycles. The Hall–Kier alpha value is -2.28. The van der Waals surface area contributed by atoms with Crippen LogP contribution in [0.25, 0.3) is 5.69 Å². The van der Waals surface area contributed by atoms with Crippen molar-refractivity contribution in [3.8, 4) is 5.69 Å². The Morgan fingerprint density at radius 2 is 1.81 bits per heavy atom. The number of carbonyl (C=O) groups is 2. The van der Waals surface area contributed by atoms with E-state index in [2.05, 4.69) is 5.32 Å². The third kappa shape index (κ3) is 3.60. The molecule has 1 fully saturated rings. The van der Waals surface area contributed by atoms with E-state index in [1.54, 1.807) is 21.3 Å². The molecule has 142 valence electrons. The number of carbonyl (C=O) groups excluding carboxylic acids is 2. The SMILES string of the molecule is Cc1ccccc1-n1nc2c(c1NC(=O)C(=O)N1CCCCCC1)CSC2. The molecule has 27 heavy (non-hydrogen) atoms. The van der Waals surface area contributed by atoms with Crippen molar-refractivity contribution in [2.24, 2.45) is 0 Å². The van der Waals surface area contributed by atoms with Gasteiger partial charge in [-0.2, -0.15) is 16.9 Å². The van der Waals surface area contributed by atoms with Crippen LogP contribution in [0.3, 0.4) is 0 Å². The predicted octanol–water partition coefficient (Wildman–Crippen LogP) is 3.27. The lowest BCUT2D eigenvalue weighted by Crippen LogP contribution is -2.40. The number of benzene rings is 1. The Morgan fingerprint density at radius 3 is 2.56 bits per heavy atom. The van der Waals surface area contributed by atoms with E-state index in [1.165, 1.54) is 0 Å². The van der Waals surface area contributed by atoms with Gasteiger partial charge in [-0.1, -0.05) is 31.0 Å². The van der Waals surface area contributed by atoms with Crippen molar-refractivity contribution in [2.75, 3.05) is 18.4 Å². The van der Waals surface area contributed by atoms with Gasteiger partial charge in [0.25, 0.3) is 0 Å². The average molecular weight is 385 g/mol. The van der Waals surface area contributed by atoms with Gasteiger partial charge >= 0.3 is 11.8 Å². The van der Waals surface area contributed by atoms with Gasteiger partial charge < -0.3 is 10.2 Å². The normalized spacial score (nSPS) is 16.7. The molecular weight excluding hydrogens is 360 g/mol. The van der Waals surface area contributed by atoms with E-state index < -0.39 is 11.8 Å². The molecule has 0 bridgehead atoms. The Morgan fingerprint density at radius 1 is 1.07 bits per heavy atom. The zero-order chi connectivity index (χ0) is 18.8. The summed E-state index contributed by atoms with van der Waals surface area (Å²) in [6.07, 6.45) is 4.17. The highest BCUT2D eigenvalue weighted by molar-refractivity contribution is 7.98. The number of fused-ring (bicyclic) bond motifs is 1.